The molecule has 0 aliphatic rings. The topological polar surface area (TPSA) is 34.1 Å². The first kappa shape index (κ1) is 12.8. The molecule has 0 bridgehead atoms. The van der Waals surface area contributed by atoms with Crippen molar-refractivity contribution in [3.8, 4) is 0 Å². The first-order valence-corrected chi connectivity index (χ1v) is 8.72. The minimum absolute atomic E-state index is 0.349. The van der Waals surface area contributed by atoms with Crippen LogP contribution in [0.2, 0.25) is 0 Å². The van der Waals surface area contributed by atoms with E-state index < -0.39 is 9.84 Å². The van der Waals surface area contributed by atoms with E-state index in [0.29, 0.717) is 9.79 Å². The Balaban J connectivity index is 2.61. The average molecular weight is 476 g/mol. The van der Waals surface area contributed by atoms with Gasteiger partial charge in [-0.2, -0.15) is 0 Å². The Hall–Kier alpha value is 0.330. The molecular formula is C10H6I2O2S2. The van der Waals surface area contributed by atoms with Gasteiger partial charge in [-0.3, -0.25) is 0 Å². The van der Waals surface area contributed by atoms with E-state index in [4.69, 9.17) is 0 Å². The van der Waals surface area contributed by atoms with Gasteiger partial charge < -0.3 is 0 Å². The average Bonchev–Trinajstić information content (AvgIpc) is 2.60. The highest BCUT2D eigenvalue weighted by atomic mass is 127. The second-order valence-corrected chi connectivity index (χ2v) is 9.68. The van der Waals surface area contributed by atoms with Gasteiger partial charge in [0.1, 0.15) is 0 Å². The van der Waals surface area contributed by atoms with Crippen molar-refractivity contribution in [2.24, 2.45) is 0 Å². The number of rotatable bonds is 2. The molecule has 0 unspecified atom stereocenters. The summed E-state index contributed by atoms with van der Waals surface area (Å²) in [6, 6.07) is 10.2. The zero-order chi connectivity index (χ0) is 11.8. The summed E-state index contributed by atoms with van der Waals surface area (Å²) in [7, 11) is -3.35. The summed E-state index contributed by atoms with van der Waals surface area (Å²) in [5.41, 5.74) is 0. The van der Waals surface area contributed by atoms with Crippen LogP contribution in [-0.2, 0) is 9.84 Å². The fourth-order valence-electron chi connectivity index (χ4n) is 1.23. The van der Waals surface area contributed by atoms with E-state index in [0.717, 1.165) is 5.77 Å². The monoisotopic (exact) mass is 476 g/mol. The van der Waals surface area contributed by atoms with Crippen molar-refractivity contribution in [2.45, 2.75) is 9.79 Å². The van der Waals surface area contributed by atoms with Crippen LogP contribution in [0.1, 0.15) is 0 Å². The Bertz CT molecular complexity index is 603. The van der Waals surface area contributed by atoms with Crippen molar-refractivity contribution in [2.75, 3.05) is 0 Å². The van der Waals surface area contributed by atoms with E-state index in [1.54, 1.807) is 36.4 Å². The number of hydrogen-bond acceptors (Lipinski definition) is 3. The van der Waals surface area contributed by atoms with Crippen molar-refractivity contribution >= 4 is 66.4 Å². The van der Waals surface area contributed by atoms with Gasteiger partial charge in [-0.15, -0.1) is 11.3 Å². The van der Waals surface area contributed by atoms with Gasteiger partial charge in [0, 0.05) is 0 Å². The smallest absolute Gasteiger partial charge is 0.208 e. The first-order chi connectivity index (χ1) is 7.51. The lowest BCUT2D eigenvalue weighted by Gasteiger charge is -2.01. The SMILES string of the molecule is O=S(=O)(c1ccccc1)c1cc(I)sc1I. The van der Waals surface area contributed by atoms with Crippen LogP contribution >= 0.6 is 56.5 Å². The Morgan fingerprint density at radius 3 is 2.19 bits per heavy atom. The predicted molar refractivity (Wildman–Crippen MR) is 81.6 cm³/mol. The van der Waals surface area contributed by atoms with Crippen LogP contribution < -0.4 is 0 Å². The molecule has 0 spiro atoms. The van der Waals surface area contributed by atoms with Crippen molar-refractivity contribution in [3.63, 3.8) is 0 Å². The van der Waals surface area contributed by atoms with Gasteiger partial charge in [0.05, 0.1) is 15.6 Å². The van der Waals surface area contributed by atoms with Crippen molar-refractivity contribution < 1.29 is 8.42 Å². The molecule has 2 nitrogen and oxygen atoms in total. The molecular weight excluding hydrogens is 470 g/mol. The Kier molecular flexibility index (Phi) is 3.92. The number of hydrogen-bond donors (Lipinski definition) is 0. The van der Waals surface area contributed by atoms with Gasteiger partial charge in [0.15, 0.2) is 0 Å². The number of benzene rings is 1. The van der Waals surface area contributed by atoms with Crippen LogP contribution in [0.5, 0.6) is 0 Å². The van der Waals surface area contributed by atoms with E-state index in [2.05, 4.69) is 45.2 Å². The predicted octanol–water partition coefficient (Wildman–Crippen LogP) is 3.79. The molecule has 2 rings (SSSR count). The zero-order valence-corrected chi connectivity index (χ0v) is 13.8. The number of halogens is 2. The van der Waals surface area contributed by atoms with Crippen molar-refractivity contribution in [1.82, 2.24) is 0 Å². The second-order valence-electron chi connectivity index (χ2n) is 3.00. The lowest BCUT2D eigenvalue weighted by atomic mass is 10.4. The molecule has 1 heterocycles. The molecule has 1 aromatic carbocycles. The normalized spacial score (nSPS) is 11.6. The van der Waals surface area contributed by atoms with E-state index >= 15 is 0 Å². The van der Waals surface area contributed by atoms with Crippen molar-refractivity contribution in [1.29, 1.82) is 0 Å². The van der Waals surface area contributed by atoms with Crippen molar-refractivity contribution in [3.05, 3.63) is 42.2 Å². The van der Waals surface area contributed by atoms with Gasteiger partial charge >= 0.3 is 0 Å². The minimum Gasteiger partial charge on any atom is -0.218 e. The summed E-state index contributed by atoms with van der Waals surface area (Å²) >= 11 is 5.69. The van der Waals surface area contributed by atoms with Gasteiger partial charge in [0.25, 0.3) is 0 Å². The second kappa shape index (κ2) is 4.91. The molecule has 0 saturated carbocycles. The summed E-state index contributed by atoms with van der Waals surface area (Å²) in [5.74, 6) is 0. The highest BCUT2D eigenvalue weighted by Gasteiger charge is 2.22. The zero-order valence-electron chi connectivity index (χ0n) is 7.85. The Labute approximate surface area is 125 Å². The highest BCUT2D eigenvalue weighted by Crippen LogP contribution is 2.32. The Morgan fingerprint density at radius 1 is 1.06 bits per heavy atom. The third-order valence-electron chi connectivity index (χ3n) is 1.97. The maximum atomic E-state index is 12.3. The fraction of sp³-hybridized carbons (Fsp3) is 0. The van der Waals surface area contributed by atoms with Crippen LogP contribution in [0.3, 0.4) is 0 Å². The minimum atomic E-state index is -3.35. The molecule has 0 aliphatic heterocycles. The van der Waals surface area contributed by atoms with Gasteiger partial charge in [-0.05, 0) is 63.4 Å². The van der Waals surface area contributed by atoms with E-state index in [9.17, 15) is 8.42 Å². The molecule has 84 valence electrons. The summed E-state index contributed by atoms with van der Waals surface area (Å²) in [5, 5.41) is 0. The van der Waals surface area contributed by atoms with Crippen LogP contribution in [0.25, 0.3) is 0 Å². The van der Waals surface area contributed by atoms with E-state index in [1.165, 1.54) is 11.3 Å². The molecule has 0 atom stereocenters. The van der Waals surface area contributed by atoms with E-state index in [-0.39, 0.29) is 0 Å². The highest BCUT2D eigenvalue weighted by molar-refractivity contribution is 14.1. The molecule has 0 radical (unpaired) electrons. The molecule has 0 N–H and O–H groups in total. The number of sulfone groups is 1. The third kappa shape index (κ3) is 2.44. The van der Waals surface area contributed by atoms with Crippen LogP contribution in [0.15, 0.2) is 46.2 Å². The number of thiophene rings is 1. The lowest BCUT2D eigenvalue weighted by molar-refractivity contribution is 0.596. The summed E-state index contributed by atoms with van der Waals surface area (Å²) < 4.78 is 26.3. The molecule has 1 aromatic heterocycles. The molecule has 0 amide bonds. The summed E-state index contributed by atoms with van der Waals surface area (Å²) in [6.07, 6.45) is 0. The maximum Gasteiger partial charge on any atom is 0.208 e. The largest absolute Gasteiger partial charge is 0.218 e. The molecule has 0 fully saturated rings. The van der Waals surface area contributed by atoms with Gasteiger partial charge in [-0.25, -0.2) is 8.42 Å². The van der Waals surface area contributed by atoms with Crippen LogP contribution in [0.4, 0.5) is 0 Å². The summed E-state index contributed by atoms with van der Waals surface area (Å²) in [6.45, 7) is 0. The molecule has 2 aromatic rings. The van der Waals surface area contributed by atoms with Gasteiger partial charge in [-0.1, -0.05) is 18.2 Å². The molecule has 0 aliphatic carbocycles. The molecule has 16 heavy (non-hydrogen) atoms. The quantitative estimate of drug-likeness (QED) is 0.619. The van der Waals surface area contributed by atoms with Crippen LogP contribution in [0, 0.1) is 5.77 Å². The molecule has 0 saturated heterocycles. The standard InChI is InChI=1S/C10H6I2O2S2/c11-9-6-8(10(12)15-9)16(13,14)7-4-2-1-3-5-7/h1-6H. The molecule has 6 heteroatoms. The fourth-order valence-corrected chi connectivity index (χ4v) is 7.71. The van der Waals surface area contributed by atoms with Gasteiger partial charge in [0.2, 0.25) is 9.84 Å². The first-order valence-electron chi connectivity index (χ1n) is 4.27. The third-order valence-corrected chi connectivity index (χ3v) is 7.18. The maximum absolute atomic E-state index is 12.3. The Morgan fingerprint density at radius 2 is 1.69 bits per heavy atom. The van der Waals surface area contributed by atoms with Crippen LogP contribution in [-0.4, -0.2) is 8.42 Å². The summed E-state index contributed by atoms with van der Waals surface area (Å²) in [4.78, 5) is 0.760. The lowest BCUT2D eigenvalue weighted by Crippen LogP contribution is -2.01. The van der Waals surface area contributed by atoms with E-state index in [1.807, 2.05) is 0 Å².